The molecule has 0 radical (unpaired) electrons. The molecule has 150 valence electrons. The maximum atomic E-state index is 13.8. The molecule has 2 rings (SSSR count). The van der Waals surface area contributed by atoms with E-state index < -0.39 is 29.5 Å². The highest BCUT2D eigenvalue weighted by Crippen LogP contribution is 2.30. The van der Waals surface area contributed by atoms with E-state index in [2.05, 4.69) is 20.6 Å². The van der Waals surface area contributed by atoms with Gasteiger partial charge < -0.3 is 10.6 Å². The summed E-state index contributed by atoms with van der Waals surface area (Å²) < 4.78 is 64.3. The third kappa shape index (κ3) is 6.87. The molecule has 0 fully saturated rings. The van der Waals surface area contributed by atoms with Crippen LogP contribution >= 0.6 is 35.3 Å². The molecule has 2 N–H and O–H groups in total. The Morgan fingerprint density at radius 2 is 2.00 bits per heavy atom. The monoisotopic (exact) mass is 520 g/mol. The zero-order chi connectivity index (χ0) is 19.3. The first-order valence-electron chi connectivity index (χ1n) is 7.64. The molecular formula is C16H18F5IN4S. The number of hydrogen-bond acceptors (Lipinski definition) is 3. The normalized spacial score (nSPS) is 13.1. The number of nitrogens with one attached hydrogen (secondary N) is 2. The smallest absolute Gasteiger partial charge is 0.356 e. The lowest BCUT2D eigenvalue weighted by molar-refractivity contribution is -0.140. The van der Waals surface area contributed by atoms with Gasteiger partial charge >= 0.3 is 6.18 Å². The Labute approximate surface area is 174 Å². The number of hydrogen-bond donors (Lipinski definition) is 2. The zero-order valence-corrected chi connectivity index (χ0v) is 17.5. The molecule has 11 heteroatoms. The number of alkyl halides is 3. The van der Waals surface area contributed by atoms with E-state index in [0.29, 0.717) is 17.5 Å². The van der Waals surface area contributed by atoms with Crippen LogP contribution in [0.4, 0.5) is 22.0 Å². The maximum Gasteiger partial charge on any atom is 0.434 e. The molecule has 0 aliphatic heterocycles. The van der Waals surface area contributed by atoms with Crippen LogP contribution in [0.5, 0.6) is 0 Å². The zero-order valence-electron chi connectivity index (χ0n) is 14.4. The largest absolute Gasteiger partial charge is 0.434 e. The second-order valence-corrected chi connectivity index (χ2v) is 6.35. The van der Waals surface area contributed by atoms with E-state index in [4.69, 9.17) is 0 Å². The Morgan fingerprint density at radius 1 is 1.30 bits per heavy atom. The molecule has 0 aliphatic rings. The number of benzene rings is 1. The third-order valence-electron chi connectivity index (χ3n) is 3.48. The fourth-order valence-corrected chi connectivity index (χ4v) is 2.98. The summed E-state index contributed by atoms with van der Waals surface area (Å²) >= 11 is 0.933. The van der Waals surface area contributed by atoms with Crippen LogP contribution in [0.1, 0.15) is 29.2 Å². The van der Waals surface area contributed by atoms with E-state index >= 15 is 0 Å². The summed E-state index contributed by atoms with van der Waals surface area (Å²) in [5.74, 6) is -1.00. The van der Waals surface area contributed by atoms with Crippen molar-refractivity contribution in [1.29, 1.82) is 0 Å². The molecule has 0 saturated carbocycles. The van der Waals surface area contributed by atoms with E-state index in [0.717, 1.165) is 28.8 Å². The molecule has 0 spiro atoms. The molecule has 0 amide bonds. The van der Waals surface area contributed by atoms with E-state index in [9.17, 15) is 22.0 Å². The minimum absolute atomic E-state index is 0. The Bertz CT molecular complexity index is 778. The average Bonchev–Trinajstić information content (AvgIpc) is 3.02. The average molecular weight is 520 g/mol. The van der Waals surface area contributed by atoms with Gasteiger partial charge in [0.1, 0.15) is 11.6 Å². The van der Waals surface area contributed by atoms with Crippen LogP contribution in [0.25, 0.3) is 0 Å². The number of thiazole rings is 1. The summed E-state index contributed by atoms with van der Waals surface area (Å²) in [6, 6.07) is 2.81. The minimum Gasteiger partial charge on any atom is -0.356 e. The number of rotatable bonds is 5. The Morgan fingerprint density at radius 3 is 2.56 bits per heavy atom. The van der Waals surface area contributed by atoms with Crippen molar-refractivity contribution in [3.63, 3.8) is 0 Å². The third-order valence-corrected chi connectivity index (χ3v) is 4.39. The van der Waals surface area contributed by atoms with E-state index in [-0.39, 0.29) is 36.0 Å². The molecule has 0 saturated heterocycles. The lowest BCUT2D eigenvalue weighted by Crippen LogP contribution is -2.39. The van der Waals surface area contributed by atoms with Gasteiger partial charge in [0.2, 0.25) is 0 Å². The van der Waals surface area contributed by atoms with Gasteiger partial charge in [0.25, 0.3) is 0 Å². The first kappa shape index (κ1) is 23.5. The van der Waals surface area contributed by atoms with Crippen molar-refractivity contribution >= 4 is 41.3 Å². The lowest BCUT2D eigenvalue weighted by atomic mass is 10.1. The highest BCUT2D eigenvalue weighted by molar-refractivity contribution is 14.0. The predicted molar refractivity (Wildman–Crippen MR) is 106 cm³/mol. The van der Waals surface area contributed by atoms with Crippen LogP contribution in [-0.4, -0.2) is 24.5 Å². The van der Waals surface area contributed by atoms with Gasteiger partial charge in [0, 0.05) is 37.0 Å². The number of nitrogens with zero attached hydrogens (tertiary/aromatic N) is 2. The van der Waals surface area contributed by atoms with Gasteiger partial charge in [0.05, 0.1) is 11.0 Å². The molecule has 1 aromatic carbocycles. The summed E-state index contributed by atoms with van der Waals surface area (Å²) in [5.41, 5.74) is -0.635. The van der Waals surface area contributed by atoms with Crippen LogP contribution in [0.2, 0.25) is 0 Å². The standard InChI is InChI=1S/C16H17F5N4S.HI/c1-9(11-4-3-10(17)7-12(11)18)24-15(22-2)23-6-5-14-25-13(8-26-14)16(19,20)21;/h3-4,7-9H,5-6H2,1-2H3,(H2,22,23,24);1H. The second-order valence-electron chi connectivity index (χ2n) is 5.41. The highest BCUT2D eigenvalue weighted by atomic mass is 127. The first-order valence-corrected chi connectivity index (χ1v) is 8.52. The van der Waals surface area contributed by atoms with Gasteiger partial charge in [-0.25, -0.2) is 13.8 Å². The quantitative estimate of drug-likeness (QED) is 0.264. The van der Waals surface area contributed by atoms with Crippen molar-refractivity contribution in [1.82, 2.24) is 15.6 Å². The summed E-state index contributed by atoms with van der Waals surface area (Å²) in [5, 5.41) is 7.18. The SMILES string of the molecule is CN=C(NCCc1nc(C(F)(F)F)cs1)NC(C)c1ccc(F)cc1F.I. The van der Waals surface area contributed by atoms with Gasteiger partial charge in [-0.2, -0.15) is 13.2 Å². The number of aromatic nitrogens is 1. The second kappa shape index (κ2) is 10.2. The van der Waals surface area contributed by atoms with Crippen LogP contribution in [0.3, 0.4) is 0 Å². The predicted octanol–water partition coefficient (Wildman–Crippen LogP) is 4.53. The molecule has 2 aromatic rings. The Balaban J connectivity index is 0.00000364. The number of halogens is 6. The van der Waals surface area contributed by atoms with Gasteiger partial charge in [-0.1, -0.05) is 6.07 Å². The molecule has 4 nitrogen and oxygen atoms in total. The van der Waals surface area contributed by atoms with E-state index in [1.54, 1.807) is 6.92 Å². The summed E-state index contributed by atoms with van der Waals surface area (Å²) in [4.78, 5) is 7.52. The van der Waals surface area contributed by atoms with Crippen molar-refractivity contribution in [3.8, 4) is 0 Å². The van der Waals surface area contributed by atoms with Crippen LogP contribution < -0.4 is 10.6 Å². The van der Waals surface area contributed by atoms with Gasteiger partial charge in [-0.15, -0.1) is 35.3 Å². The summed E-state index contributed by atoms with van der Waals surface area (Å²) in [7, 11) is 1.51. The molecular weight excluding hydrogens is 502 g/mol. The molecule has 1 atom stereocenters. The van der Waals surface area contributed by atoms with Crippen molar-refractivity contribution in [3.05, 3.63) is 51.5 Å². The molecule has 0 aliphatic carbocycles. The molecule has 1 aromatic heterocycles. The lowest BCUT2D eigenvalue weighted by Gasteiger charge is -2.18. The van der Waals surface area contributed by atoms with Crippen molar-refractivity contribution < 1.29 is 22.0 Å². The van der Waals surface area contributed by atoms with Crippen LogP contribution in [0.15, 0.2) is 28.6 Å². The number of guanidine groups is 1. The number of aliphatic imine (C=N–C) groups is 1. The van der Waals surface area contributed by atoms with Gasteiger partial charge in [0.15, 0.2) is 11.7 Å². The fraction of sp³-hybridized carbons (Fsp3) is 0.375. The topological polar surface area (TPSA) is 49.3 Å². The maximum absolute atomic E-state index is 13.8. The van der Waals surface area contributed by atoms with Crippen molar-refractivity contribution in [2.24, 2.45) is 4.99 Å². The highest BCUT2D eigenvalue weighted by Gasteiger charge is 2.33. The van der Waals surface area contributed by atoms with Gasteiger partial charge in [-0.05, 0) is 13.0 Å². The minimum atomic E-state index is -4.45. The molecule has 27 heavy (non-hydrogen) atoms. The summed E-state index contributed by atoms with van der Waals surface area (Å²) in [6.07, 6.45) is -4.17. The fourth-order valence-electron chi connectivity index (χ4n) is 2.17. The van der Waals surface area contributed by atoms with E-state index in [1.807, 2.05) is 0 Å². The van der Waals surface area contributed by atoms with Crippen molar-refractivity contribution in [2.45, 2.75) is 25.6 Å². The Hall–Kier alpha value is -1.50. The van der Waals surface area contributed by atoms with Crippen molar-refractivity contribution in [2.75, 3.05) is 13.6 Å². The molecule has 1 heterocycles. The van der Waals surface area contributed by atoms with Gasteiger partial charge in [-0.3, -0.25) is 4.99 Å². The van der Waals surface area contributed by atoms with E-state index in [1.165, 1.54) is 13.1 Å². The molecule has 1 unspecified atom stereocenters. The molecule has 0 bridgehead atoms. The first-order chi connectivity index (χ1) is 12.2. The van der Waals surface area contributed by atoms with Crippen LogP contribution in [-0.2, 0) is 12.6 Å². The summed E-state index contributed by atoms with van der Waals surface area (Å²) in [6.45, 7) is 1.97. The Kier molecular flexibility index (Phi) is 8.85. The van der Waals surface area contributed by atoms with Crippen LogP contribution in [0, 0.1) is 11.6 Å².